The van der Waals surface area contributed by atoms with E-state index in [-0.39, 0.29) is 13.2 Å². The first-order valence-corrected chi connectivity index (χ1v) is 9.34. The number of rotatable bonds is 8. The Morgan fingerprint density at radius 1 is 0.786 bits per heavy atom. The standard InChI is InChI=1S/C20H26N2O6/c1-3-13-27-19(25)15-7-5-11-21(15)17(23)9-10-18(24)22-12-6-8-16(22)20(26)28-14-4-2/h3-4,9-10,15-16H,1-2,5-8,11-14H2/b10-9+/t15-,16-/m0/s1. The zero-order chi connectivity index (χ0) is 20.5. The second-order valence-electron chi connectivity index (χ2n) is 6.55. The maximum Gasteiger partial charge on any atom is 0.329 e. The van der Waals surface area contributed by atoms with Gasteiger partial charge in [0.2, 0.25) is 11.8 Å². The number of hydrogen-bond acceptors (Lipinski definition) is 6. The van der Waals surface area contributed by atoms with Crippen LogP contribution in [0.5, 0.6) is 0 Å². The number of ether oxygens (including phenoxy) is 2. The van der Waals surface area contributed by atoms with Gasteiger partial charge >= 0.3 is 11.9 Å². The molecule has 8 nitrogen and oxygen atoms in total. The Morgan fingerprint density at radius 2 is 1.18 bits per heavy atom. The minimum Gasteiger partial charge on any atom is -0.460 e. The van der Waals surface area contributed by atoms with E-state index in [0.29, 0.717) is 38.8 Å². The molecule has 28 heavy (non-hydrogen) atoms. The molecule has 0 aromatic carbocycles. The lowest BCUT2D eigenvalue weighted by Gasteiger charge is -2.23. The van der Waals surface area contributed by atoms with E-state index in [4.69, 9.17) is 9.47 Å². The van der Waals surface area contributed by atoms with E-state index >= 15 is 0 Å². The number of esters is 2. The lowest BCUT2D eigenvalue weighted by molar-refractivity contribution is -0.151. The van der Waals surface area contributed by atoms with Gasteiger partial charge in [-0.2, -0.15) is 0 Å². The highest BCUT2D eigenvalue weighted by molar-refractivity contribution is 5.99. The SMILES string of the molecule is C=CCOC(=O)[C@@H]1CCCN1C(=O)/C=C/C(=O)N1CCC[C@H]1C(=O)OCC=C. The summed E-state index contributed by atoms with van der Waals surface area (Å²) in [6, 6.07) is -1.30. The van der Waals surface area contributed by atoms with Crippen LogP contribution in [0.4, 0.5) is 0 Å². The molecule has 2 atom stereocenters. The summed E-state index contributed by atoms with van der Waals surface area (Å²) in [6.45, 7) is 7.99. The van der Waals surface area contributed by atoms with Crippen molar-refractivity contribution in [3.8, 4) is 0 Å². The number of amides is 2. The van der Waals surface area contributed by atoms with Crippen molar-refractivity contribution in [1.82, 2.24) is 9.80 Å². The molecule has 8 heteroatoms. The number of carbonyl (C=O) groups is 4. The number of likely N-dealkylation sites (tertiary alicyclic amines) is 2. The van der Waals surface area contributed by atoms with Gasteiger partial charge in [0.25, 0.3) is 0 Å². The predicted octanol–water partition coefficient (Wildman–Crippen LogP) is 0.983. The van der Waals surface area contributed by atoms with E-state index in [9.17, 15) is 19.2 Å². The van der Waals surface area contributed by atoms with E-state index in [1.807, 2.05) is 0 Å². The van der Waals surface area contributed by atoms with Gasteiger partial charge < -0.3 is 19.3 Å². The molecule has 2 aliphatic heterocycles. The maximum atomic E-state index is 12.4. The van der Waals surface area contributed by atoms with Crippen molar-refractivity contribution >= 4 is 23.8 Å². The highest BCUT2D eigenvalue weighted by atomic mass is 16.5. The van der Waals surface area contributed by atoms with Crippen LogP contribution in [0.1, 0.15) is 25.7 Å². The smallest absolute Gasteiger partial charge is 0.329 e. The highest BCUT2D eigenvalue weighted by Gasteiger charge is 2.36. The number of nitrogens with zero attached hydrogens (tertiary/aromatic N) is 2. The van der Waals surface area contributed by atoms with Gasteiger partial charge in [-0.05, 0) is 25.7 Å². The molecule has 0 aromatic heterocycles. The molecule has 2 aliphatic rings. The van der Waals surface area contributed by atoms with Gasteiger partial charge in [0.05, 0.1) is 0 Å². The average Bonchev–Trinajstić information content (AvgIpc) is 3.37. The Labute approximate surface area is 164 Å². The zero-order valence-electron chi connectivity index (χ0n) is 15.9. The van der Waals surface area contributed by atoms with E-state index in [1.54, 1.807) is 0 Å². The van der Waals surface area contributed by atoms with Crippen LogP contribution in [0.2, 0.25) is 0 Å². The molecule has 0 saturated carbocycles. The van der Waals surface area contributed by atoms with Crippen LogP contribution in [0.15, 0.2) is 37.5 Å². The van der Waals surface area contributed by atoms with Gasteiger partial charge in [0, 0.05) is 25.2 Å². The molecular formula is C20H26N2O6. The third-order valence-electron chi connectivity index (χ3n) is 4.67. The molecule has 2 fully saturated rings. The average molecular weight is 390 g/mol. The largest absolute Gasteiger partial charge is 0.460 e. The lowest BCUT2D eigenvalue weighted by atomic mass is 10.2. The van der Waals surface area contributed by atoms with Crippen LogP contribution in [-0.2, 0) is 28.7 Å². The molecular weight excluding hydrogens is 364 g/mol. The molecule has 0 bridgehead atoms. The molecule has 2 amide bonds. The molecule has 0 unspecified atom stereocenters. The van der Waals surface area contributed by atoms with Crippen molar-refractivity contribution < 1.29 is 28.7 Å². The van der Waals surface area contributed by atoms with E-state index in [2.05, 4.69) is 13.2 Å². The van der Waals surface area contributed by atoms with Gasteiger partial charge in [0.1, 0.15) is 25.3 Å². The summed E-state index contributed by atoms with van der Waals surface area (Å²) in [5, 5.41) is 0. The van der Waals surface area contributed by atoms with Crippen LogP contribution in [0.25, 0.3) is 0 Å². The molecule has 2 heterocycles. The van der Waals surface area contributed by atoms with E-state index in [0.717, 1.165) is 12.2 Å². The fraction of sp³-hybridized carbons (Fsp3) is 0.500. The van der Waals surface area contributed by atoms with Gasteiger partial charge in [-0.15, -0.1) is 0 Å². The minimum atomic E-state index is -0.652. The second-order valence-corrected chi connectivity index (χ2v) is 6.55. The first-order valence-electron chi connectivity index (χ1n) is 9.34. The summed E-state index contributed by atoms with van der Waals surface area (Å²) >= 11 is 0. The molecule has 152 valence electrons. The number of hydrogen-bond donors (Lipinski definition) is 0. The molecule has 2 saturated heterocycles. The summed E-state index contributed by atoms with van der Waals surface area (Å²) < 4.78 is 10.1. The summed E-state index contributed by atoms with van der Waals surface area (Å²) in [6.07, 6.45) is 7.63. The zero-order valence-corrected chi connectivity index (χ0v) is 15.9. The Balaban J connectivity index is 1.95. The van der Waals surface area contributed by atoms with Gasteiger partial charge in [-0.1, -0.05) is 25.3 Å². The molecule has 2 rings (SSSR count). The fourth-order valence-corrected chi connectivity index (χ4v) is 3.36. The van der Waals surface area contributed by atoms with Crippen molar-refractivity contribution in [2.24, 2.45) is 0 Å². The Kier molecular flexibility index (Phi) is 7.98. The predicted molar refractivity (Wildman–Crippen MR) is 101 cm³/mol. The van der Waals surface area contributed by atoms with E-state index < -0.39 is 35.8 Å². The van der Waals surface area contributed by atoms with Crippen molar-refractivity contribution in [2.75, 3.05) is 26.3 Å². The van der Waals surface area contributed by atoms with Crippen LogP contribution >= 0.6 is 0 Å². The van der Waals surface area contributed by atoms with Crippen molar-refractivity contribution in [3.05, 3.63) is 37.5 Å². The molecule has 0 radical (unpaired) electrons. The maximum absolute atomic E-state index is 12.4. The third-order valence-corrected chi connectivity index (χ3v) is 4.67. The summed E-state index contributed by atoms with van der Waals surface area (Å²) in [5.74, 6) is -1.82. The van der Waals surface area contributed by atoms with Crippen LogP contribution in [0, 0.1) is 0 Å². The minimum absolute atomic E-state index is 0.0873. The van der Waals surface area contributed by atoms with Crippen LogP contribution in [0.3, 0.4) is 0 Å². The monoisotopic (exact) mass is 390 g/mol. The van der Waals surface area contributed by atoms with Crippen molar-refractivity contribution in [1.29, 1.82) is 0 Å². The molecule has 0 spiro atoms. The van der Waals surface area contributed by atoms with E-state index in [1.165, 1.54) is 22.0 Å². The van der Waals surface area contributed by atoms with Gasteiger partial charge in [-0.25, -0.2) is 9.59 Å². The van der Waals surface area contributed by atoms with Gasteiger partial charge in [0.15, 0.2) is 0 Å². The van der Waals surface area contributed by atoms with Gasteiger partial charge in [-0.3, -0.25) is 9.59 Å². The van der Waals surface area contributed by atoms with Crippen LogP contribution < -0.4 is 0 Å². The normalized spacial score (nSPS) is 21.6. The lowest BCUT2D eigenvalue weighted by Crippen LogP contribution is -2.42. The third kappa shape index (κ3) is 5.31. The quantitative estimate of drug-likeness (QED) is 0.348. The molecule has 0 aromatic rings. The van der Waals surface area contributed by atoms with Crippen molar-refractivity contribution in [3.63, 3.8) is 0 Å². The fourth-order valence-electron chi connectivity index (χ4n) is 3.36. The topological polar surface area (TPSA) is 93.2 Å². The highest BCUT2D eigenvalue weighted by Crippen LogP contribution is 2.21. The first-order chi connectivity index (χ1) is 13.5. The van der Waals surface area contributed by atoms with Crippen LogP contribution in [-0.4, -0.2) is 71.9 Å². The van der Waals surface area contributed by atoms with Crippen molar-refractivity contribution in [2.45, 2.75) is 37.8 Å². The molecule has 0 N–H and O–H groups in total. The number of carbonyl (C=O) groups excluding carboxylic acids is 4. The summed E-state index contributed by atoms with van der Waals surface area (Å²) in [4.78, 5) is 51.8. The summed E-state index contributed by atoms with van der Waals surface area (Å²) in [7, 11) is 0. The Hall–Kier alpha value is -2.90. The second kappa shape index (κ2) is 10.4. The summed E-state index contributed by atoms with van der Waals surface area (Å²) in [5.41, 5.74) is 0. The Morgan fingerprint density at radius 3 is 1.54 bits per heavy atom. The first kappa shape index (κ1) is 21.4. The Bertz CT molecular complexity index is 616. The molecule has 0 aliphatic carbocycles.